The van der Waals surface area contributed by atoms with Crippen LogP contribution in [0.2, 0.25) is 0 Å². The smallest absolute Gasteiger partial charge is 0.244 e. The van der Waals surface area contributed by atoms with Gasteiger partial charge in [-0.3, -0.25) is 4.79 Å². The largest absolute Gasteiger partial charge is 0.493 e. The van der Waals surface area contributed by atoms with Crippen LogP contribution >= 0.6 is 0 Å². The fourth-order valence-corrected chi connectivity index (χ4v) is 1.87. The average Bonchev–Trinajstić information content (AvgIpc) is 2.47. The van der Waals surface area contributed by atoms with Crippen molar-refractivity contribution in [1.29, 1.82) is 0 Å². The summed E-state index contributed by atoms with van der Waals surface area (Å²) < 4.78 is 10.5. The number of carbonyl (C=O) groups is 1. The highest BCUT2D eigenvalue weighted by molar-refractivity contribution is 5.92. The molecule has 0 saturated carbocycles. The second kappa shape index (κ2) is 9.96. The topological polar surface area (TPSA) is 67.8 Å². The molecular weight excluding hydrogens is 270 g/mol. The van der Waals surface area contributed by atoms with Gasteiger partial charge in [0.1, 0.15) is 5.75 Å². The molecule has 0 aliphatic rings. The molecule has 0 saturated heterocycles. The minimum atomic E-state index is -0.225. The van der Waals surface area contributed by atoms with E-state index in [0.717, 1.165) is 11.3 Å². The molecule has 0 radical (unpaired) electrons. The predicted molar refractivity (Wildman–Crippen MR) is 82.2 cm³/mol. The molecule has 0 spiro atoms. The second-order valence-electron chi connectivity index (χ2n) is 4.48. The summed E-state index contributed by atoms with van der Waals surface area (Å²) in [5, 5.41) is 11.7. The van der Waals surface area contributed by atoms with Gasteiger partial charge in [-0.15, -0.1) is 0 Å². The number of amides is 1. The molecule has 1 atom stereocenters. The first kappa shape index (κ1) is 17.2. The van der Waals surface area contributed by atoms with Crippen LogP contribution in [0.4, 0.5) is 0 Å². The molecule has 5 nitrogen and oxygen atoms in total. The van der Waals surface area contributed by atoms with E-state index in [1.807, 2.05) is 31.2 Å². The van der Waals surface area contributed by atoms with E-state index >= 15 is 0 Å². The van der Waals surface area contributed by atoms with Crippen LogP contribution in [-0.4, -0.2) is 44.0 Å². The van der Waals surface area contributed by atoms with Gasteiger partial charge in [-0.25, -0.2) is 0 Å². The molecule has 0 aliphatic carbocycles. The normalized spacial score (nSPS) is 12.3. The Kier molecular flexibility index (Phi) is 8.16. The fourth-order valence-electron chi connectivity index (χ4n) is 1.87. The maximum atomic E-state index is 11.9. The van der Waals surface area contributed by atoms with Crippen LogP contribution in [0.3, 0.4) is 0 Å². The highest BCUT2D eigenvalue weighted by Crippen LogP contribution is 2.19. The number of para-hydroxylation sites is 1. The third-order valence-electron chi connectivity index (χ3n) is 2.82. The molecule has 21 heavy (non-hydrogen) atoms. The Hall–Kier alpha value is -1.85. The van der Waals surface area contributed by atoms with E-state index in [-0.39, 0.29) is 18.6 Å². The van der Waals surface area contributed by atoms with Crippen LogP contribution in [0, 0.1) is 0 Å². The molecule has 0 aromatic heterocycles. The third kappa shape index (κ3) is 6.42. The molecule has 1 rings (SSSR count). The Morgan fingerprint density at radius 3 is 2.86 bits per heavy atom. The Morgan fingerprint density at radius 2 is 2.19 bits per heavy atom. The highest BCUT2D eigenvalue weighted by Gasteiger charge is 2.09. The standard InChI is InChI=1S/C16H23NO4/c1-3-21-15-7-5-4-6-13(15)8-9-16(19)17-14(10-11-18)12-20-2/h4-9,14,18H,3,10-12H2,1-2H3,(H,17,19)/b9-8+. The van der Waals surface area contributed by atoms with Gasteiger partial charge in [0.25, 0.3) is 0 Å². The summed E-state index contributed by atoms with van der Waals surface area (Å²) in [7, 11) is 1.56. The lowest BCUT2D eigenvalue weighted by atomic mass is 10.2. The monoisotopic (exact) mass is 293 g/mol. The molecule has 1 aromatic rings. The van der Waals surface area contributed by atoms with Crippen molar-refractivity contribution in [3.63, 3.8) is 0 Å². The number of ether oxygens (including phenoxy) is 2. The molecule has 1 unspecified atom stereocenters. The molecule has 2 N–H and O–H groups in total. The van der Waals surface area contributed by atoms with E-state index in [0.29, 0.717) is 19.6 Å². The molecule has 1 amide bonds. The Balaban J connectivity index is 2.64. The van der Waals surface area contributed by atoms with Gasteiger partial charge in [-0.05, 0) is 25.5 Å². The van der Waals surface area contributed by atoms with Crippen molar-refractivity contribution in [3.8, 4) is 5.75 Å². The van der Waals surface area contributed by atoms with E-state index in [4.69, 9.17) is 14.6 Å². The van der Waals surface area contributed by atoms with Crippen LogP contribution in [0.1, 0.15) is 18.9 Å². The van der Waals surface area contributed by atoms with Crippen molar-refractivity contribution in [2.75, 3.05) is 26.9 Å². The molecule has 116 valence electrons. The summed E-state index contributed by atoms with van der Waals surface area (Å²) in [6, 6.07) is 7.33. The molecule has 0 heterocycles. The zero-order valence-electron chi connectivity index (χ0n) is 12.5. The van der Waals surface area contributed by atoms with E-state index in [9.17, 15) is 4.79 Å². The maximum Gasteiger partial charge on any atom is 0.244 e. The molecule has 1 aromatic carbocycles. The summed E-state index contributed by atoms with van der Waals surface area (Å²) in [6.45, 7) is 2.86. The Bertz CT molecular complexity index is 453. The maximum absolute atomic E-state index is 11.9. The zero-order valence-corrected chi connectivity index (χ0v) is 12.5. The Labute approximate surface area is 125 Å². The van der Waals surface area contributed by atoms with E-state index in [1.54, 1.807) is 13.2 Å². The van der Waals surface area contributed by atoms with Gasteiger partial charge in [0.05, 0.1) is 19.3 Å². The lowest BCUT2D eigenvalue weighted by molar-refractivity contribution is -0.117. The first-order valence-electron chi connectivity index (χ1n) is 7.01. The highest BCUT2D eigenvalue weighted by atomic mass is 16.5. The lowest BCUT2D eigenvalue weighted by Crippen LogP contribution is -2.37. The van der Waals surface area contributed by atoms with Crippen molar-refractivity contribution in [2.45, 2.75) is 19.4 Å². The molecule has 0 bridgehead atoms. The van der Waals surface area contributed by atoms with Gasteiger partial charge in [-0.2, -0.15) is 0 Å². The van der Waals surface area contributed by atoms with Crippen LogP contribution in [0.25, 0.3) is 6.08 Å². The van der Waals surface area contributed by atoms with Crippen LogP contribution < -0.4 is 10.1 Å². The van der Waals surface area contributed by atoms with Gasteiger partial charge in [-0.1, -0.05) is 18.2 Å². The van der Waals surface area contributed by atoms with Crippen molar-refractivity contribution >= 4 is 12.0 Å². The number of methoxy groups -OCH3 is 1. The quantitative estimate of drug-likeness (QED) is 0.679. The number of rotatable bonds is 9. The summed E-state index contributed by atoms with van der Waals surface area (Å²) >= 11 is 0. The van der Waals surface area contributed by atoms with Gasteiger partial charge >= 0.3 is 0 Å². The average molecular weight is 293 g/mol. The second-order valence-corrected chi connectivity index (χ2v) is 4.48. The minimum Gasteiger partial charge on any atom is -0.493 e. The number of aliphatic hydroxyl groups is 1. The van der Waals surface area contributed by atoms with Crippen molar-refractivity contribution < 1.29 is 19.4 Å². The predicted octanol–water partition coefficient (Wildman–Crippen LogP) is 1.61. The Morgan fingerprint density at radius 1 is 1.43 bits per heavy atom. The van der Waals surface area contributed by atoms with Crippen LogP contribution in [0.15, 0.2) is 30.3 Å². The molecular formula is C16H23NO4. The van der Waals surface area contributed by atoms with Crippen molar-refractivity contribution in [3.05, 3.63) is 35.9 Å². The van der Waals surface area contributed by atoms with E-state index in [1.165, 1.54) is 6.08 Å². The van der Waals surface area contributed by atoms with Gasteiger partial charge in [0.15, 0.2) is 0 Å². The minimum absolute atomic E-state index is 0.00515. The SMILES string of the molecule is CCOc1ccccc1/C=C/C(=O)NC(CCO)COC. The first-order chi connectivity index (χ1) is 10.2. The summed E-state index contributed by atoms with van der Waals surface area (Å²) in [6.07, 6.45) is 3.63. The van der Waals surface area contributed by atoms with Gasteiger partial charge in [0.2, 0.25) is 5.91 Å². The van der Waals surface area contributed by atoms with E-state index < -0.39 is 0 Å². The number of nitrogens with one attached hydrogen (secondary N) is 1. The van der Waals surface area contributed by atoms with Crippen molar-refractivity contribution in [2.24, 2.45) is 0 Å². The van der Waals surface area contributed by atoms with Crippen LogP contribution in [0.5, 0.6) is 5.75 Å². The third-order valence-corrected chi connectivity index (χ3v) is 2.82. The number of benzene rings is 1. The summed E-state index contributed by atoms with van der Waals surface area (Å²) in [4.78, 5) is 11.9. The van der Waals surface area contributed by atoms with Gasteiger partial charge < -0.3 is 19.9 Å². The molecule has 0 fully saturated rings. The fraction of sp³-hybridized carbons (Fsp3) is 0.438. The number of hydrogen-bond donors (Lipinski definition) is 2. The number of aliphatic hydroxyl groups excluding tert-OH is 1. The summed E-state index contributed by atoms with van der Waals surface area (Å²) in [5.74, 6) is 0.518. The molecule has 0 aliphatic heterocycles. The molecule has 5 heteroatoms. The van der Waals surface area contributed by atoms with E-state index in [2.05, 4.69) is 5.32 Å². The number of carbonyl (C=O) groups excluding carboxylic acids is 1. The summed E-state index contributed by atoms with van der Waals surface area (Å²) in [5.41, 5.74) is 0.847. The van der Waals surface area contributed by atoms with Crippen molar-refractivity contribution in [1.82, 2.24) is 5.32 Å². The lowest BCUT2D eigenvalue weighted by Gasteiger charge is -2.15. The number of hydrogen-bond acceptors (Lipinski definition) is 4. The first-order valence-corrected chi connectivity index (χ1v) is 7.01. The van der Waals surface area contributed by atoms with Gasteiger partial charge in [0, 0.05) is 25.4 Å². The van der Waals surface area contributed by atoms with Crippen LogP contribution in [-0.2, 0) is 9.53 Å². The zero-order chi connectivity index (χ0) is 15.5.